The fourth-order valence-corrected chi connectivity index (χ4v) is 20.5. The third kappa shape index (κ3) is 9.94. The van der Waals surface area contributed by atoms with Gasteiger partial charge in [-0.1, -0.05) is 6.08 Å². The van der Waals surface area contributed by atoms with Gasteiger partial charge >= 0.3 is 17.1 Å². The summed E-state index contributed by atoms with van der Waals surface area (Å²) in [4.78, 5) is 0. The molecule has 0 aromatic carbocycles. The zero-order chi connectivity index (χ0) is 15.5. The van der Waals surface area contributed by atoms with Crippen molar-refractivity contribution < 1.29 is 12.3 Å². The summed E-state index contributed by atoms with van der Waals surface area (Å²) in [6, 6.07) is 0.962. The highest BCUT2D eigenvalue weighted by molar-refractivity contribution is 6.89. The molecule has 0 aliphatic carbocycles. The van der Waals surface area contributed by atoms with Gasteiger partial charge < -0.3 is 12.3 Å². The summed E-state index contributed by atoms with van der Waals surface area (Å²) in [5.74, 6) is 0. The van der Waals surface area contributed by atoms with Crippen molar-refractivity contribution in [3.63, 3.8) is 0 Å². The predicted molar refractivity (Wildman–Crippen MR) is 94.1 cm³/mol. The van der Waals surface area contributed by atoms with Crippen molar-refractivity contribution in [1.82, 2.24) is 0 Å². The maximum absolute atomic E-state index is 6.37. The number of hydrogen-bond acceptors (Lipinski definition) is 3. The van der Waals surface area contributed by atoms with Crippen LogP contribution in [0.5, 0.6) is 0 Å². The van der Waals surface area contributed by atoms with Crippen LogP contribution in [0.1, 0.15) is 0 Å². The van der Waals surface area contributed by atoms with Crippen LogP contribution in [0.4, 0.5) is 0 Å². The average Bonchev–Trinajstić information content (AvgIpc) is 1.90. The van der Waals surface area contributed by atoms with Crippen molar-refractivity contribution in [2.75, 3.05) is 0 Å². The van der Waals surface area contributed by atoms with E-state index in [0.717, 1.165) is 6.04 Å². The van der Waals surface area contributed by atoms with Gasteiger partial charge in [-0.2, -0.15) is 0 Å². The average molecular weight is 337 g/mol. The molecule has 0 rings (SSSR count). The lowest BCUT2D eigenvalue weighted by atomic mass is 10.8. The normalized spacial score (nSPS) is 14.6. The molecule has 0 radical (unpaired) electrons. The Hall–Kier alpha value is 0.488. The molecule has 0 aliphatic heterocycles. The van der Waals surface area contributed by atoms with Crippen LogP contribution >= 0.6 is 0 Å². The Morgan fingerprint density at radius 2 is 1.16 bits per heavy atom. The van der Waals surface area contributed by atoms with Crippen LogP contribution in [0.2, 0.25) is 65.0 Å². The first-order chi connectivity index (χ1) is 8.18. The molecule has 0 N–H and O–H groups in total. The van der Waals surface area contributed by atoms with Gasteiger partial charge in [-0.15, -0.1) is 6.58 Å². The van der Waals surface area contributed by atoms with Gasteiger partial charge in [0.1, 0.15) is 0 Å². The van der Waals surface area contributed by atoms with Gasteiger partial charge in [-0.25, -0.2) is 0 Å². The molecule has 114 valence electrons. The van der Waals surface area contributed by atoms with Gasteiger partial charge in [-0.3, -0.25) is 0 Å². The molecule has 0 spiro atoms. The summed E-state index contributed by atoms with van der Waals surface area (Å²) in [6.07, 6.45) is 1.96. The van der Waals surface area contributed by atoms with Crippen LogP contribution in [-0.2, 0) is 12.3 Å². The first kappa shape index (κ1) is 19.5. The highest BCUT2D eigenvalue weighted by Crippen LogP contribution is 2.25. The second-order valence-corrected chi connectivity index (χ2v) is 23.7. The van der Waals surface area contributed by atoms with Gasteiger partial charge in [0.05, 0.1) is 0 Å². The molecule has 0 bridgehead atoms. The molecule has 0 aliphatic rings. The number of hydrogen-bond donors (Lipinski definition) is 0. The van der Waals surface area contributed by atoms with E-state index in [2.05, 4.69) is 65.5 Å². The van der Waals surface area contributed by atoms with Gasteiger partial charge in [0.15, 0.2) is 16.6 Å². The van der Waals surface area contributed by atoms with Crippen molar-refractivity contribution in [3.8, 4) is 0 Å². The van der Waals surface area contributed by atoms with Gasteiger partial charge in [0.25, 0.3) is 0 Å². The molecular weight excluding hydrogens is 304 g/mol. The summed E-state index contributed by atoms with van der Waals surface area (Å²) in [5, 5.41) is 0. The molecule has 0 heterocycles. The lowest BCUT2D eigenvalue weighted by Crippen LogP contribution is -2.55. The van der Waals surface area contributed by atoms with E-state index in [1.165, 1.54) is 0 Å². The lowest BCUT2D eigenvalue weighted by Gasteiger charge is -2.40. The Morgan fingerprint density at radius 3 is 1.53 bits per heavy atom. The van der Waals surface area contributed by atoms with E-state index in [9.17, 15) is 0 Å². The minimum Gasteiger partial charge on any atom is -0.437 e. The van der Waals surface area contributed by atoms with E-state index in [-0.39, 0.29) is 0 Å². The Morgan fingerprint density at radius 1 is 0.737 bits per heavy atom. The summed E-state index contributed by atoms with van der Waals surface area (Å²) >= 11 is 0. The van der Waals surface area contributed by atoms with Gasteiger partial charge in [0.2, 0.25) is 0 Å². The third-order valence-electron chi connectivity index (χ3n) is 2.20. The zero-order valence-corrected chi connectivity index (χ0v) is 18.2. The van der Waals surface area contributed by atoms with Gasteiger partial charge in [0, 0.05) is 0 Å². The summed E-state index contributed by atoms with van der Waals surface area (Å²) in [7, 11) is -7.51. The quantitative estimate of drug-likeness (QED) is 0.476. The molecule has 3 nitrogen and oxygen atoms in total. The molecular formula is C12H32O3Si4. The van der Waals surface area contributed by atoms with Crippen molar-refractivity contribution in [3.05, 3.63) is 12.7 Å². The van der Waals surface area contributed by atoms with Crippen molar-refractivity contribution >= 4 is 33.8 Å². The summed E-state index contributed by atoms with van der Waals surface area (Å²) < 4.78 is 19.0. The third-order valence-corrected chi connectivity index (χ3v) is 16.0. The Kier molecular flexibility index (Phi) is 6.67. The monoisotopic (exact) mass is 336 g/mol. The minimum atomic E-state index is -2.14. The molecule has 0 saturated heterocycles. The number of allylic oxidation sites excluding steroid dienone is 1. The summed E-state index contributed by atoms with van der Waals surface area (Å²) in [6.45, 7) is 23.4. The fourth-order valence-electron chi connectivity index (χ4n) is 2.43. The van der Waals surface area contributed by atoms with E-state index < -0.39 is 33.8 Å². The largest absolute Gasteiger partial charge is 0.437 e. The molecule has 0 unspecified atom stereocenters. The van der Waals surface area contributed by atoms with E-state index in [1.54, 1.807) is 0 Å². The van der Waals surface area contributed by atoms with E-state index in [1.807, 2.05) is 6.08 Å². The van der Waals surface area contributed by atoms with Crippen molar-refractivity contribution in [1.29, 1.82) is 0 Å². The Labute approximate surface area is 124 Å². The Balaban J connectivity index is 4.71. The zero-order valence-electron chi connectivity index (χ0n) is 14.2. The van der Waals surface area contributed by atoms with Crippen LogP contribution < -0.4 is 0 Å². The van der Waals surface area contributed by atoms with Crippen LogP contribution in [0, 0.1) is 0 Å². The summed E-state index contributed by atoms with van der Waals surface area (Å²) in [5.41, 5.74) is 0. The minimum absolute atomic E-state index is 0.962. The van der Waals surface area contributed by atoms with E-state index in [4.69, 9.17) is 12.3 Å². The van der Waals surface area contributed by atoms with Crippen LogP contribution in [-0.4, -0.2) is 33.8 Å². The maximum atomic E-state index is 6.37. The second-order valence-electron chi connectivity index (χ2n) is 7.47. The SMILES string of the molecule is C=CC[Si](C)(C)O[Si](C)(C)O[Si](C)(C)O[Si](C)(C)C. The van der Waals surface area contributed by atoms with Crippen LogP contribution in [0.3, 0.4) is 0 Å². The molecule has 0 aromatic rings. The van der Waals surface area contributed by atoms with Crippen molar-refractivity contribution in [2.45, 2.75) is 65.0 Å². The first-order valence-electron chi connectivity index (χ1n) is 6.89. The predicted octanol–water partition coefficient (Wildman–Crippen LogP) is 4.67. The van der Waals surface area contributed by atoms with Crippen LogP contribution in [0.25, 0.3) is 0 Å². The standard InChI is InChI=1S/C12H32O3Si4/c1-11-12-17(5,6)14-19(9,10)15-18(7,8)13-16(2,3)4/h11H,1,12H2,2-10H3. The highest BCUT2D eigenvalue weighted by Gasteiger charge is 2.42. The molecule has 0 amide bonds. The second kappa shape index (κ2) is 6.50. The molecule has 0 aromatic heterocycles. The fraction of sp³-hybridized carbons (Fsp3) is 0.833. The van der Waals surface area contributed by atoms with E-state index >= 15 is 0 Å². The molecule has 0 atom stereocenters. The highest BCUT2D eigenvalue weighted by atomic mass is 28.5. The van der Waals surface area contributed by atoms with Gasteiger partial charge in [-0.05, 0) is 65.0 Å². The maximum Gasteiger partial charge on any atom is 0.312 e. The topological polar surface area (TPSA) is 27.7 Å². The first-order valence-corrected chi connectivity index (χ1v) is 19.1. The molecule has 0 saturated carbocycles. The molecule has 0 fully saturated rings. The van der Waals surface area contributed by atoms with Crippen molar-refractivity contribution in [2.24, 2.45) is 0 Å². The smallest absolute Gasteiger partial charge is 0.312 e. The Bertz CT molecular complexity index is 309. The molecule has 19 heavy (non-hydrogen) atoms. The number of rotatable bonds is 8. The molecule has 7 heteroatoms. The van der Waals surface area contributed by atoms with E-state index in [0.29, 0.717) is 0 Å². The van der Waals surface area contributed by atoms with Crippen LogP contribution in [0.15, 0.2) is 12.7 Å². The lowest BCUT2D eigenvalue weighted by molar-refractivity contribution is 0.330.